The Morgan fingerprint density at radius 3 is 2.86 bits per heavy atom. The fraction of sp³-hybridized carbons (Fsp3) is 0.0800. The number of benzene rings is 2. The van der Waals surface area contributed by atoms with Crippen LogP contribution in [0.5, 0.6) is 0 Å². The molecule has 172 valence electrons. The van der Waals surface area contributed by atoms with E-state index in [4.69, 9.17) is 5.73 Å². The van der Waals surface area contributed by atoms with Gasteiger partial charge in [-0.15, -0.1) is 11.3 Å². The Morgan fingerprint density at radius 2 is 1.97 bits per heavy atom. The van der Waals surface area contributed by atoms with Gasteiger partial charge in [0.1, 0.15) is 18.0 Å². The number of anilines is 4. The zero-order chi connectivity index (χ0) is 24.1. The standard InChI is InChI=1S/C25H20N8OS/c1-13-3-6-17-16(20(13)31-25(34)18-11-35-22-21(18)28-12-29-23(22)26)7-8-27-24(17)30-15-5-4-14-10-33(2)32-19(14)9-15/h3-12H,1-2H3,(H,27,30)(H,31,34)(H2,26,28,29). The summed E-state index contributed by atoms with van der Waals surface area (Å²) in [6.07, 6.45) is 5.08. The van der Waals surface area contributed by atoms with Crippen LogP contribution in [0.15, 0.2) is 60.5 Å². The van der Waals surface area contributed by atoms with Gasteiger partial charge in [-0.3, -0.25) is 9.48 Å². The van der Waals surface area contributed by atoms with Gasteiger partial charge in [0.2, 0.25) is 0 Å². The molecular formula is C25H20N8OS. The first-order chi connectivity index (χ1) is 17.0. The summed E-state index contributed by atoms with van der Waals surface area (Å²) in [4.78, 5) is 26.1. The lowest BCUT2D eigenvalue weighted by Gasteiger charge is -2.14. The molecule has 0 aliphatic carbocycles. The van der Waals surface area contributed by atoms with E-state index in [1.54, 1.807) is 16.3 Å². The van der Waals surface area contributed by atoms with Crippen LogP contribution < -0.4 is 16.4 Å². The van der Waals surface area contributed by atoms with Gasteiger partial charge in [0.25, 0.3) is 5.91 Å². The molecule has 4 N–H and O–H groups in total. The van der Waals surface area contributed by atoms with Gasteiger partial charge >= 0.3 is 0 Å². The maximum atomic E-state index is 13.3. The van der Waals surface area contributed by atoms with Crippen molar-refractivity contribution in [2.24, 2.45) is 7.05 Å². The number of nitrogens with zero attached hydrogens (tertiary/aromatic N) is 5. The highest BCUT2D eigenvalue weighted by Gasteiger charge is 2.18. The molecule has 0 radical (unpaired) electrons. The fourth-order valence-electron chi connectivity index (χ4n) is 4.19. The lowest BCUT2D eigenvalue weighted by molar-refractivity contribution is 0.102. The summed E-state index contributed by atoms with van der Waals surface area (Å²) in [7, 11) is 1.90. The van der Waals surface area contributed by atoms with Gasteiger partial charge in [-0.05, 0) is 36.8 Å². The van der Waals surface area contributed by atoms with E-state index in [0.717, 1.165) is 38.6 Å². The molecule has 1 amide bonds. The molecule has 4 aromatic heterocycles. The second-order valence-corrected chi connectivity index (χ2v) is 9.13. The Morgan fingerprint density at radius 1 is 1.09 bits per heavy atom. The first-order valence-corrected chi connectivity index (χ1v) is 11.7. The predicted octanol–water partition coefficient (Wildman–Crippen LogP) is 5.01. The number of hydrogen-bond donors (Lipinski definition) is 3. The van der Waals surface area contributed by atoms with Gasteiger partial charge in [-0.25, -0.2) is 15.0 Å². The number of thiophene rings is 1. The van der Waals surface area contributed by atoms with Crippen LogP contribution in [-0.2, 0) is 7.05 Å². The van der Waals surface area contributed by atoms with Crippen molar-refractivity contribution >= 4 is 72.1 Å². The second-order valence-electron chi connectivity index (χ2n) is 8.25. The molecule has 0 aliphatic rings. The van der Waals surface area contributed by atoms with Crippen molar-refractivity contribution in [3.63, 3.8) is 0 Å². The van der Waals surface area contributed by atoms with Crippen molar-refractivity contribution in [2.45, 2.75) is 6.92 Å². The highest BCUT2D eigenvalue weighted by atomic mass is 32.1. The highest BCUT2D eigenvalue weighted by molar-refractivity contribution is 7.18. The molecular weight excluding hydrogens is 460 g/mol. The summed E-state index contributed by atoms with van der Waals surface area (Å²) < 4.78 is 2.49. The fourth-order valence-corrected chi connectivity index (χ4v) is 5.10. The zero-order valence-electron chi connectivity index (χ0n) is 18.9. The normalized spacial score (nSPS) is 11.4. The van der Waals surface area contributed by atoms with Gasteiger partial charge in [0.15, 0.2) is 0 Å². The quantitative estimate of drug-likeness (QED) is 0.324. The Kier molecular flexibility index (Phi) is 4.82. The minimum Gasteiger partial charge on any atom is -0.382 e. The predicted molar refractivity (Wildman–Crippen MR) is 140 cm³/mol. The molecule has 0 saturated heterocycles. The minimum absolute atomic E-state index is 0.253. The first kappa shape index (κ1) is 21.0. The smallest absolute Gasteiger partial charge is 0.258 e. The third-order valence-electron chi connectivity index (χ3n) is 5.90. The van der Waals surface area contributed by atoms with E-state index in [1.165, 1.54) is 17.7 Å². The van der Waals surface area contributed by atoms with E-state index < -0.39 is 0 Å². The lowest BCUT2D eigenvalue weighted by atomic mass is 10.0. The molecule has 0 aliphatic heterocycles. The van der Waals surface area contributed by atoms with E-state index in [0.29, 0.717) is 27.4 Å². The molecule has 0 bridgehead atoms. The second kappa shape index (κ2) is 8.03. The number of hydrogen-bond acceptors (Lipinski definition) is 8. The average molecular weight is 481 g/mol. The van der Waals surface area contributed by atoms with E-state index >= 15 is 0 Å². The highest BCUT2D eigenvalue weighted by Crippen LogP contribution is 2.34. The van der Waals surface area contributed by atoms with Crippen molar-refractivity contribution in [3.8, 4) is 0 Å². The summed E-state index contributed by atoms with van der Waals surface area (Å²) in [5, 5.41) is 15.6. The Hall–Kier alpha value is -4.57. The van der Waals surface area contributed by atoms with Crippen LogP contribution in [0, 0.1) is 6.92 Å². The molecule has 6 rings (SSSR count). The van der Waals surface area contributed by atoms with E-state index in [-0.39, 0.29) is 5.91 Å². The molecule has 0 spiro atoms. The maximum absolute atomic E-state index is 13.3. The number of amides is 1. The number of pyridine rings is 1. The number of rotatable bonds is 4. The van der Waals surface area contributed by atoms with Crippen molar-refractivity contribution < 1.29 is 4.79 Å². The zero-order valence-corrected chi connectivity index (χ0v) is 19.7. The average Bonchev–Trinajstić information content (AvgIpc) is 3.44. The van der Waals surface area contributed by atoms with Gasteiger partial charge in [-0.2, -0.15) is 5.10 Å². The Labute approximate surface area is 203 Å². The molecule has 0 fully saturated rings. The van der Waals surface area contributed by atoms with Gasteiger partial charge in [-0.1, -0.05) is 12.1 Å². The van der Waals surface area contributed by atoms with Crippen LogP contribution in [-0.4, -0.2) is 30.6 Å². The van der Waals surface area contributed by atoms with Crippen molar-refractivity contribution in [2.75, 3.05) is 16.4 Å². The van der Waals surface area contributed by atoms with Crippen molar-refractivity contribution in [1.29, 1.82) is 0 Å². The summed E-state index contributed by atoms with van der Waals surface area (Å²) in [5.74, 6) is 0.803. The Bertz CT molecular complexity index is 1770. The molecule has 0 saturated carbocycles. The number of nitrogens with one attached hydrogen (secondary N) is 2. The van der Waals surface area contributed by atoms with Crippen LogP contribution >= 0.6 is 11.3 Å². The molecule has 35 heavy (non-hydrogen) atoms. The molecule has 4 heterocycles. The van der Waals surface area contributed by atoms with Crippen LogP contribution in [0.25, 0.3) is 31.9 Å². The summed E-state index contributed by atoms with van der Waals surface area (Å²) in [6, 6.07) is 11.9. The number of nitrogens with two attached hydrogens (primary N) is 1. The van der Waals surface area contributed by atoms with Gasteiger partial charge in [0, 0.05) is 46.7 Å². The first-order valence-electron chi connectivity index (χ1n) is 10.9. The maximum Gasteiger partial charge on any atom is 0.258 e. The summed E-state index contributed by atoms with van der Waals surface area (Å²) in [6.45, 7) is 1.96. The van der Waals surface area contributed by atoms with E-state index in [1.807, 2.05) is 56.6 Å². The SMILES string of the molecule is Cc1ccc2c(Nc3ccc4cn(C)nc4c3)nccc2c1NC(=O)c1csc2c(N)ncnc12. The van der Waals surface area contributed by atoms with Crippen molar-refractivity contribution in [3.05, 3.63) is 71.6 Å². The molecule has 2 aromatic carbocycles. The van der Waals surface area contributed by atoms with Gasteiger partial charge in [0.05, 0.1) is 27.0 Å². The molecule has 9 nitrogen and oxygen atoms in total. The Balaban J connectivity index is 1.38. The lowest BCUT2D eigenvalue weighted by Crippen LogP contribution is -2.13. The van der Waals surface area contributed by atoms with Crippen molar-refractivity contribution in [1.82, 2.24) is 24.7 Å². The van der Waals surface area contributed by atoms with Crippen LogP contribution in [0.4, 0.5) is 23.0 Å². The minimum atomic E-state index is -0.253. The number of aryl methyl sites for hydroxylation is 2. The number of carbonyl (C=O) groups is 1. The molecule has 0 unspecified atom stereocenters. The molecule has 10 heteroatoms. The molecule has 6 aromatic rings. The summed E-state index contributed by atoms with van der Waals surface area (Å²) in [5.41, 5.74) is 10.4. The third kappa shape index (κ3) is 3.60. The van der Waals surface area contributed by atoms with E-state index in [9.17, 15) is 4.79 Å². The monoisotopic (exact) mass is 480 g/mol. The number of fused-ring (bicyclic) bond motifs is 3. The van der Waals surface area contributed by atoms with Gasteiger partial charge < -0.3 is 16.4 Å². The summed E-state index contributed by atoms with van der Waals surface area (Å²) >= 11 is 1.36. The third-order valence-corrected chi connectivity index (χ3v) is 6.89. The number of carbonyl (C=O) groups excluding carboxylic acids is 1. The largest absolute Gasteiger partial charge is 0.382 e. The van der Waals surface area contributed by atoms with E-state index in [2.05, 4.69) is 30.7 Å². The van der Waals surface area contributed by atoms with Crippen LogP contribution in [0.2, 0.25) is 0 Å². The number of aromatic nitrogens is 5. The number of nitrogen functional groups attached to an aromatic ring is 1. The topological polar surface area (TPSA) is 124 Å². The molecule has 0 atom stereocenters. The van der Waals surface area contributed by atoms with Crippen LogP contribution in [0.3, 0.4) is 0 Å². The van der Waals surface area contributed by atoms with Crippen LogP contribution in [0.1, 0.15) is 15.9 Å².